The third-order valence-corrected chi connectivity index (χ3v) is 9.63. The van der Waals surface area contributed by atoms with Gasteiger partial charge in [-0.3, -0.25) is 24.0 Å². The Balaban J connectivity index is 1.48. The van der Waals surface area contributed by atoms with Crippen LogP contribution in [0, 0.1) is 5.92 Å². The second-order valence-corrected chi connectivity index (χ2v) is 13.3. The Hall–Kier alpha value is -4.69. The number of aryl methyl sites for hydroxylation is 1. The van der Waals surface area contributed by atoms with E-state index in [0.717, 1.165) is 5.56 Å². The number of rotatable bonds is 5. The number of carbonyl (C=O) groups is 4. The lowest BCUT2D eigenvalue weighted by molar-refractivity contribution is -0.122. The van der Waals surface area contributed by atoms with Crippen LogP contribution < -0.4 is 21.5 Å². The minimum atomic E-state index is -0.578. The number of nitrogens with zero attached hydrogens (tertiary/aromatic N) is 4. The summed E-state index contributed by atoms with van der Waals surface area (Å²) in [6.45, 7) is 6.28. The fourth-order valence-electron chi connectivity index (χ4n) is 5.18. The van der Waals surface area contributed by atoms with Gasteiger partial charge in [0.1, 0.15) is 21.4 Å². The smallest absolute Gasteiger partial charge is 0.271 e. The molecule has 1 aliphatic heterocycles. The molecule has 47 heavy (non-hydrogen) atoms. The molecule has 5 rings (SSSR count). The molecule has 246 valence electrons. The van der Waals surface area contributed by atoms with Crippen molar-refractivity contribution in [2.45, 2.75) is 52.2 Å². The highest BCUT2D eigenvalue weighted by Crippen LogP contribution is 2.27. The van der Waals surface area contributed by atoms with Gasteiger partial charge in [-0.25, -0.2) is 9.97 Å². The number of benzene rings is 1. The molecular weight excluding hydrogens is 639 g/mol. The Morgan fingerprint density at radius 2 is 1.66 bits per heavy atom. The van der Waals surface area contributed by atoms with Crippen molar-refractivity contribution in [2.24, 2.45) is 5.92 Å². The van der Waals surface area contributed by atoms with E-state index in [4.69, 9.17) is 0 Å². The van der Waals surface area contributed by atoms with E-state index in [1.807, 2.05) is 51.1 Å². The molecule has 12 nitrogen and oxygen atoms in total. The van der Waals surface area contributed by atoms with Crippen LogP contribution in [0.25, 0.3) is 0 Å². The van der Waals surface area contributed by atoms with Crippen LogP contribution in [0.2, 0.25) is 0 Å². The predicted molar refractivity (Wildman–Crippen MR) is 180 cm³/mol. The Morgan fingerprint density at radius 3 is 2.36 bits per heavy atom. The van der Waals surface area contributed by atoms with Crippen LogP contribution in [0.15, 0.2) is 64.2 Å². The fraction of sp³-hybridized carbons (Fsp3) is 0.364. The number of pyridine rings is 1. The summed E-state index contributed by atoms with van der Waals surface area (Å²) in [5.41, 5.74) is 1.24. The highest BCUT2D eigenvalue weighted by molar-refractivity contribution is 7.10. The first-order valence-corrected chi connectivity index (χ1v) is 17.2. The van der Waals surface area contributed by atoms with Gasteiger partial charge < -0.3 is 25.4 Å². The molecule has 4 amide bonds. The summed E-state index contributed by atoms with van der Waals surface area (Å²) in [5, 5.41) is 13.3. The van der Waals surface area contributed by atoms with E-state index in [-0.39, 0.29) is 54.0 Å². The first-order chi connectivity index (χ1) is 22.6. The van der Waals surface area contributed by atoms with E-state index in [1.165, 1.54) is 38.2 Å². The maximum absolute atomic E-state index is 13.6. The molecular formula is C33H37N7O5S2. The van der Waals surface area contributed by atoms with Crippen molar-refractivity contribution in [3.63, 3.8) is 0 Å². The first kappa shape index (κ1) is 33.7. The summed E-state index contributed by atoms with van der Waals surface area (Å²) in [6, 6.07) is 11.4. The van der Waals surface area contributed by atoms with Crippen molar-refractivity contribution in [1.29, 1.82) is 0 Å². The Morgan fingerprint density at radius 1 is 0.957 bits per heavy atom. The third-order valence-electron chi connectivity index (χ3n) is 7.74. The van der Waals surface area contributed by atoms with Crippen molar-refractivity contribution < 1.29 is 19.2 Å². The minimum absolute atomic E-state index is 0.0173. The molecule has 0 fully saturated rings. The molecule has 4 heterocycles. The zero-order valence-corrected chi connectivity index (χ0v) is 28.0. The molecule has 0 aliphatic carbocycles. The molecule has 14 heteroatoms. The van der Waals surface area contributed by atoms with Gasteiger partial charge in [-0.2, -0.15) is 0 Å². The molecule has 1 aromatic carbocycles. The average Bonchev–Trinajstić information content (AvgIpc) is 3.75. The van der Waals surface area contributed by atoms with Crippen molar-refractivity contribution in [3.05, 3.63) is 102 Å². The quantitative estimate of drug-likeness (QED) is 0.292. The molecule has 0 spiro atoms. The lowest BCUT2D eigenvalue weighted by atomic mass is 10.0. The summed E-state index contributed by atoms with van der Waals surface area (Å²) in [7, 11) is 0. The van der Waals surface area contributed by atoms with Crippen LogP contribution >= 0.6 is 22.7 Å². The zero-order chi connectivity index (χ0) is 33.5. The number of nitrogens with one attached hydrogen (secondary N) is 3. The summed E-state index contributed by atoms with van der Waals surface area (Å²) in [5.74, 6) is -1.70. The molecule has 3 N–H and O–H groups in total. The van der Waals surface area contributed by atoms with Gasteiger partial charge in [0.25, 0.3) is 23.3 Å². The van der Waals surface area contributed by atoms with Crippen molar-refractivity contribution in [1.82, 2.24) is 35.4 Å². The van der Waals surface area contributed by atoms with Gasteiger partial charge in [-0.1, -0.05) is 44.2 Å². The molecule has 2 atom stereocenters. The maximum Gasteiger partial charge on any atom is 0.271 e. The van der Waals surface area contributed by atoms with E-state index in [1.54, 1.807) is 23.0 Å². The molecule has 0 saturated carbocycles. The van der Waals surface area contributed by atoms with Crippen LogP contribution in [0.1, 0.15) is 86.2 Å². The van der Waals surface area contributed by atoms with Crippen molar-refractivity contribution >= 4 is 46.3 Å². The number of amides is 4. The van der Waals surface area contributed by atoms with Crippen LogP contribution in [-0.2, 0) is 17.8 Å². The van der Waals surface area contributed by atoms with Gasteiger partial charge in [-0.05, 0) is 37.3 Å². The molecule has 4 bridgehead atoms. The fourth-order valence-corrected chi connectivity index (χ4v) is 7.05. The molecule has 0 unspecified atom stereocenters. The predicted octanol–water partition coefficient (Wildman–Crippen LogP) is 3.58. The Labute approximate surface area is 280 Å². The van der Waals surface area contributed by atoms with E-state index in [9.17, 15) is 24.0 Å². The van der Waals surface area contributed by atoms with E-state index in [2.05, 4.69) is 25.9 Å². The van der Waals surface area contributed by atoms with Gasteiger partial charge in [0.15, 0.2) is 0 Å². The zero-order valence-electron chi connectivity index (χ0n) is 26.4. The maximum atomic E-state index is 13.6. The highest BCUT2D eigenvalue weighted by Gasteiger charge is 2.28. The molecule has 4 aromatic rings. The van der Waals surface area contributed by atoms with Gasteiger partial charge in [0.2, 0.25) is 5.91 Å². The number of aromatic nitrogens is 3. The summed E-state index contributed by atoms with van der Waals surface area (Å²) >= 11 is 2.56. The van der Waals surface area contributed by atoms with Crippen LogP contribution in [0.5, 0.6) is 0 Å². The number of hydrogen-bond acceptors (Lipinski definition) is 9. The normalized spacial score (nSPS) is 18.0. The summed E-state index contributed by atoms with van der Waals surface area (Å²) in [4.78, 5) is 76.6. The van der Waals surface area contributed by atoms with Gasteiger partial charge in [0, 0.05) is 48.2 Å². The van der Waals surface area contributed by atoms with Crippen LogP contribution in [0.4, 0.5) is 0 Å². The van der Waals surface area contributed by atoms with Crippen molar-refractivity contribution in [3.8, 4) is 0 Å². The number of hydrogen-bond donors (Lipinski definition) is 3. The summed E-state index contributed by atoms with van der Waals surface area (Å²) in [6.07, 6.45) is 2.31. The molecule has 3 aromatic heterocycles. The minimum Gasteiger partial charge on any atom is -0.351 e. The lowest BCUT2D eigenvalue weighted by Gasteiger charge is -2.24. The first-order valence-electron chi connectivity index (χ1n) is 15.5. The molecule has 0 radical (unpaired) electrons. The topological polar surface area (TPSA) is 155 Å². The van der Waals surface area contributed by atoms with E-state index < -0.39 is 29.8 Å². The van der Waals surface area contributed by atoms with Gasteiger partial charge in [0.05, 0.1) is 18.6 Å². The van der Waals surface area contributed by atoms with Crippen molar-refractivity contribution in [2.75, 3.05) is 19.6 Å². The molecule has 0 saturated heterocycles. The summed E-state index contributed by atoms with van der Waals surface area (Å²) < 4.78 is 1.48. The molecule has 1 aliphatic rings. The second-order valence-electron chi connectivity index (χ2n) is 11.5. The van der Waals surface area contributed by atoms with Crippen LogP contribution in [0.3, 0.4) is 0 Å². The highest BCUT2D eigenvalue weighted by atomic mass is 32.1. The monoisotopic (exact) mass is 675 g/mol. The third kappa shape index (κ3) is 8.37. The number of fused-ring (bicyclic) bond motifs is 4. The van der Waals surface area contributed by atoms with E-state index >= 15 is 0 Å². The largest absolute Gasteiger partial charge is 0.351 e. The number of carbonyl (C=O) groups excluding carboxylic acids is 4. The average molecular weight is 676 g/mol. The van der Waals surface area contributed by atoms with Gasteiger partial charge >= 0.3 is 0 Å². The Bertz CT molecular complexity index is 1800. The SMILES string of the molecule is CCn1ccc(C(=O)N2CCCNC(=O)c3csc(n3)[C@H](C(C)C)NC(=O)c3csc(n3)[C@H](Cc3ccccc3)NC(=O)C2)cc1=O. The second kappa shape index (κ2) is 15.3. The van der Waals surface area contributed by atoms with Crippen LogP contribution in [-0.4, -0.2) is 62.7 Å². The lowest BCUT2D eigenvalue weighted by Crippen LogP contribution is -2.43. The van der Waals surface area contributed by atoms with Gasteiger partial charge in [-0.15, -0.1) is 22.7 Å². The standard InChI is InChI=1S/C33H37N7O5S2/c1-4-39-14-11-22(16-27(39)42)33(45)40-13-8-12-34-29(43)24-18-47-32(37-24)28(20(2)3)38-30(44)25-19-46-31(36-25)23(35-26(41)17-40)15-21-9-6-5-7-10-21/h5-7,9-11,14,16,18-20,23,28H,4,8,12-13,15,17H2,1-3H3,(H,34,43)(H,35,41)(H,38,44)/t23-,28-/m0/s1. The van der Waals surface area contributed by atoms with E-state index in [0.29, 0.717) is 29.4 Å². The Kier molecular flexibility index (Phi) is 10.9. The number of thiazole rings is 2.